The maximum absolute atomic E-state index is 12.9. The average Bonchev–Trinajstić information content (AvgIpc) is 2.94. The summed E-state index contributed by atoms with van der Waals surface area (Å²) in [6, 6.07) is -0.887. The van der Waals surface area contributed by atoms with Gasteiger partial charge in [-0.15, -0.1) is 10.1 Å². The fraction of sp³-hybridized carbons (Fsp3) is 0.667. The highest BCUT2D eigenvalue weighted by atomic mass is 16.2. The topological polar surface area (TPSA) is 71.6 Å². The molecule has 23 heavy (non-hydrogen) atoms. The van der Waals surface area contributed by atoms with Gasteiger partial charge in [-0.05, 0) is 27.2 Å². The van der Waals surface area contributed by atoms with Crippen LogP contribution in [0.25, 0.3) is 0 Å². The third-order valence-corrected chi connectivity index (χ3v) is 4.61. The van der Waals surface area contributed by atoms with Crippen LogP contribution in [0.3, 0.4) is 0 Å². The van der Waals surface area contributed by atoms with Crippen molar-refractivity contribution in [1.82, 2.24) is 14.8 Å². The molecular weight excluding hydrogens is 296 g/mol. The second kappa shape index (κ2) is 5.43. The predicted molar refractivity (Wildman–Crippen MR) is 86.6 cm³/mol. The number of rotatable bonds is 3. The van der Waals surface area contributed by atoms with Crippen LogP contribution >= 0.6 is 0 Å². The van der Waals surface area contributed by atoms with E-state index in [4.69, 9.17) is 0 Å². The number of urea groups is 1. The Labute approximate surface area is 135 Å². The van der Waals surface area contributed by atoms with Gasteiger partial charge >= 0.3 is 12.0 Å². The lowest BCUT2D eigenvalue weighted by Gasteiger charge is -2.35. The highest BCUT2D eigenvalue weighted by Gasteiger charge is 2.55. The van der Waals surface area contributed by atoms with Gasteiger partial charge in [0, 0.05) is 13.6 Å². The third kappa shape index (κ3) is 2.08. The Hall–Kier alpha value is -2.25. The zero-order valence-corrected chi connectivity index (χ0v) is 14.3. The fourth-order valence-electron chi connectivity index (χ4n) is 3.22. The highest BCUT2D eigenvalue weighted by Crippen LogP contribution is 2.25. The molecule has 8 nitrogen and oxygen atoms in total. The van der Waals surface area contributed by atoms with Gasteiger partial charge in [-0.25, -0.2) is 9.37 Å². The minimum Gasteiger partial charge on any atom is -0.270 e. The minimum atomic E-state index is -0.547. The molecule has 0 radical (unpaired) electrons. The Morgan fingerprint density at radius 1 is 1.26 bits per heavy atom. The number of hydrogen-bond donors (Lipinski definition) is 0. The zero-order chi connectivity index (χ0) is 16.9. The number of carbonyl (C=O) groups is 2. The van der Waals surface area contributed by atoms with Gasteiger partial charge in [0.25, 0.3) is 5.91 Å². The summed E-state index contributed by atoms with van der Waals surface area (Å²) in [7, 11) is 1.68. The molecule has 124 valence electrons. The molecule has 0 aromatic rings. The molecule has 2 atom stereocenters. The molecule has 0 N–H and O–H groups in total. The maximum atomic E-state index is 12.9. The number of carbonyl (C=O) groups excluding carboxylic acids is 2. The van der Waals surface area contributed by atoms with Crippen LogP contribution in [0.2, 0.25) is 0 Å². The molecule has 0 spiro atoms. The van der Waals surface area contributed by atoms with Crippen LogP contribution in [0.5, 0.6) is 0 Å². The first-order valence-corrected chi connectivity index (χ1v) is 8.07. The number of amides is 3. The largest absolute Gasteiger partial charge is 0.416 e. The van der Waals surface area contributed by atoms with Crippen molar-refractivity contribution < 1.29 is 14.2 Å². The van der Waals surface area contributed by atoms with Gasteiger partial charge in [-0.2, -0.15) is 0 Å². The summed E-state index contributed by atoms with van der Waals surface area (Å²) >= 11 is 0. The molecule has 3 amide bonds. The van der Waals surface area contributed by atoms with Gasteiger partial charge < -0.3 is 0 Å². The Balaban J connectivity index is 2.08. The molecule has 0 aromatic heterocycles. The zero-order valence-electron chi connectivity index (χ0n) is 14.3. The molecule has 3 aliphatic heterocycles. The van der Waals surface area contributed by atoms with Crippen molar-refractivity contribution in [3.05, 3.63) is 0 Å². The Bertz CT molecular complexity index is 665. The van der Waals surface area contributed by atoms with Crippen molar-refractivity contribution in [2.75, 3.05) is 20.1 Å². The highest BCUT2D eigenvalue weighted by molar-refractivity contribution is 6.23. The number of hydrazone groups is 1. The summed E-state index contributed by atoms with van der Waals surface area (Å²) in [4.78, 5) is 32.8. The van der Waals surface area contributed by atoms with Crippen molar-refractivity contribution in [1.29, 1.82) is 0 Å². The van der Waals surface area contributed by atoms with Crippen LogP contribution in [-0.2, 0) is 4.79 Å². The number of hydrogen-bond acceptors (Lipinski definition) is 5. The summed E-state index contributed by atoms with van der Waals surface area (Å²) in [5, 5.41) is 6.33. The number of likely N-dealkylation sites (N-methyl/N-ethyl adjacent to an activating group) is 1. The van der Waals surface area contributed by atoms with Crippen LogP contribution in [0.4, 0.5) is 4.79 Å². The molecule has 3 heterocycles. The summed E-state index contributed by atoms with van der Waals surface area (Å²) < 4.78 is 1.98. The molecule has 1 fully saturated rings. The van der Waals surface area contributed by atoms with E-state index in [1.54, 1.807) is 12.1 Å². The van der Waals surface area contributed by atoms with E-state index in [1.165, 1.54) is 9.80 Å². The molecule has 0 saturated carbocycles. The van der Waals surface area contributed by atoms with Gasteiger partial charge in [0.05, 0.1) is 12.3 Å². The molecule has 3 rings (SSSR count). The van der Waals surface area contributed by atoms with Crippen molar-refractivity contribution in [3.8, 4) is 0 Å². The Kier molecular flexibility index (Phi) is 3.69. The van der Waals surface area contributed by atoms with Crippen LogP contribution in [0.15, 0.2) is 10.1 Å². The number of guanidine groups is 1. The SMILES string of the molecule is CCCN1C(=O)C2C(=NC3=[N+]2C(C)C(C)=NN3CC)N(C)C1=O. The number of imide groups is 1. The van der Waals surface area contributed by atoms with E-state index in [9.17, 15) is 9.59 Å². The van der Waals surface area contributed by atoms with Crippen LogP contribution in [0.1, 0.15) is 34.1 Å². The van der Waals surface area contributed by atoms with Crippen molar-refractivity contribution in [3.63, 3.8) is 0 Å². The van der Waals surface area contributed by atoms with Crippen LogP contribution in [-0.4, -0.2) is 81.1 Å². The van der Waals surface area contributed by atoms with E-state index in [0.29, 0.717) is 24.9 Å². The van der Waals surface area contributed by atoms with Gasteiger partial charge in [0.2, 0.25) is 11.9 Å². The second-order valence-corrected chi connectivity index (χ2v) is 6.04. The van der Waals surface area contributed by atoms with E-state index in [-0.39, 0.29) is 18.0 Å². The van der Waals surface area contributed by atoms with Crippen molar-refractivity contribution in [2.45, 2.75) is 46.2 Å². The molecule has 0 bridgehead atoms. The molecule has 8 heteroatoms. The molecule has 0 aliphatic carbocycles. The molecule has 2 unspecified atom stereocenters. The first-order valence-electron chi connectivity index (χ1n) is 8.07. The van der Waals surface area contributed by atoms with Gasteiger partial charge in [-0.1, -0.05) is 11.9 Å². The quantitative estimate of drug-likeness (QED) is 0.713. The normalized spacial score (nSPS) is 27.3. The fourth-order valence-corrected chi connectivity index (χ4v) is 3.22. The van der Waals surface area contributed by atoms with Gasteiger partial charge in [0.1, 0.15) is 6.04 Å². The van der Waals surface area contributed by atoms with E-state index in [0.717, 1.165) is 12.1 Å². The van der Waals surface area contributed by atoms with Gasteiger partial charge in [0.15, 0.2) is 0 Å². The summed E-state index contributed by atoms with van der Waals surface area (Å²) in [5.74, 6) is 0.954. The van der Waals surface area contributed by atoms with E-state index in [2.05, 4.69) is 10.1 Å². The first-order chi connectivity index (χ1) is 10.9. The Morgan fingerprint density at radius 3 is 2.57 bits per heavy atom. The maximum Gasteiger partial charge on any atom is 0.416 e. The summed E-state index contributed by atoms with van der Waals surface area (Å²) in [6.07, 6.45) is 0.734. The first kappa shape index (κ1) is 15.6. The van der Waals surface area contributed by atoms with Crippen LogP contribution < -0.4 is 0 Å². The molecule has 3 aliphatic rings. The summed E-state index contributed by atoms with van der Waals surface area (Å²) in [6.45, 7) is 8.99. The van der Waals surface area contributed by atoms with Gasteiger partial charge in [-0.3, -0.25) is 14.6 Å². The minimum absolute atomic E-state index is 0.0342. The lowest BCUT2D eigenvalue weighted by Crippen LogP contribution is -2.64. The number of aliphatic imine (C=N–C) groups is 1. The van der Waals surface area contributed by atoms with Crippen LogP contribution in [0, 0.1) is 0 Å². The number of nitrogens with zero attached hydrogens (tertiary/aromatic N) is 6. The number of amidine groups is 1. The molecule has 1 saturated heterocycles. The number of fused-ring (bicyclic) bond motifs is 2. The summed E-state index contributed by atoms with van der Waals surface area (Å²) in [5.41, 5.74) is 0.932. The Morgan fingerprint density at radius 2 is 1.96 bits per heavy atom. The predicted octanol–water partition coefficient (Wildman–Crippen LogP) is 0.540. The molecule has 0 aromatic carbocycles. The van der Waals surface area contributed by atoms with E-state index in [1.807, 2.05) is 32.3 Å². The molecular formula is C15H23N6O2+. The third-order valence-electron chi connectivity index (χ3n) is 4.61. The standard InChI is InChI=1S/C15H23N6O2/c1-6-8-19-13(22)11-12(18(5)15(19)23)16-14-20(7-2)17-9(3)10(4)21(11)14/h10-11H,6-8H2,1-5H3/q+1. The van der Waals surface area contributed by atoms with E-state index < -0.39 is 6.04 Å². The van der Waals surface area contributed by atoms with Crippen molar-refractivity contribution in [2.24, 2.45) is 10.1 Å². The lowest BCUT2D eigenvalue weighted by molar-refractivity contribution is -0.559. The van der Waals surface area contributed by atoms with Crippen molar-refractivity contribution >= 4 is 29.4 Å². The monoisotopic (exact) mass is 319 g/mol. The smallest absolute Gasteiger partial charge is 0.270 e. The van der Waals surface area contributed by atoms with E-state index >= 15 is 0 Å². The average molecular weight is 319 g/mol. The lowest BCUT2D eigenvalue weighted by atomic mass is 10.1. The second-order valence-electron chi connectivity index (χ2n) is 6.04.